The van der Waals surface area contributed by atoms with Crippen LogP contribution in [0, 0.1) is 17.8 Å². The number of urea groups is 4. The monoisotopic (exact) mass is 1250 g/mol. The summed E-state index contributed by atoms with van der Waals surface area (Å²) in [5.41, 5.74) is 0. The molecule has 0 radical (unpaired) electrons. The van der Waals surface area contributed by atoms with E-state index in [-0.39, 0.29) is 109 Å². The summed E-state index contributed by atoms with van der Waals surface area (Å²) in [4.78, 5) is 65.7. The molecule has 9 rings (SSSR count). The highest BCUT2D eigenvalue weighted by Crippen LogP contribution is 2.36. The van der Waals surface area contributed by atoms with Crippen molar-refractivity contribution in [2.24, 2.45) is 17.8 Å². The first-order chi connectivity index (χ1) is 41.3. The van der Waals surface area contributed by atoms with Gasteiger partial charge < -0.3 is 57.3 Å². The summed E-state index contributed by atoms with van der Waals surface area (Å²) in [6.07, 6.45) is 27.4. The first-order valence-corrected chi connectivity index (χ1v) is 37.6. The second kappa shape index (κ2) is 31.8. The van der Waals surface area contributed by atoms with Gasteiger partial charge in [-0.05, 0) is 217 Å². The van der Waals surface area contributed by atoms with Gasteiger partial charge >= 0.3 is 30.2 Å². The van der Waals surface area contributed by atoms with Gasteiger partial charge in [0.1, 0.15) is 6.10 Å². The molecule has 9 saturated carbocycles. The number of carbonyl (C=O) groups excluding carboxylic acids is 5. The van der Waals surface area contributed by atoms with E-state index in [9.17, 15) is 40.8 Å². The molecule has 490 valence electrons. The zero-order valence-corrected chi connectivity index (χ0v) is 53.9. The van der Waals surface area contributed by atoms with Crippen molar-refractivity contribution in [1.29, 1.82) is 0 Å². The van der Waals surface area contributed by atoms with Crippen molar-refractivity contribution < 1.29 is 50.3 Å². The van der Waals surface area contributed by atoms with Crippen molar-refractivity contribution in [3.05, 3.63) is 0 Å². The third-order valence-electron chi connectivity index (χ3n) is 22.2. The highest BCUT2D eigenvalue weighted by molar-refractivity contribution is 7.92. The summed E-state index contributed by atoms with van der Waals surface area (Å²) in [7, 11) is -6.78. The van der Waals surface area contributed by atoms with Gasteiger partial charge in [0.05, 0.1) is 33.8 Å². The van der Waals surface area contributed by atoms with Gasteiger partial charge in [0.2, 0.25) is 0 Å². The topological polar surface area (TPSA) is 292 Å². The van der Waals surface area contributed by atoms with Crippen LogP contribution in [0.25, 0.3) is 0 Å². The van der Waals surface area contributed by atoms with Crippen LogP contribution in [-0.2, 0) is 29.1 Å². The molecule has 0 heterocycles. The third kappa shape index (κ3) is 19.3. The summed E-state index contributed by atoms with van der Waals surface area (Å²) in [6, 6.07) is -1.48. The van der Waals surface area contributed by atoms with Gasteiger partial charge in [-0.3, -0.25) is 5.32 Å². The van der Waals surface area contributed by atoms with Crippen LogP contribution >= 0.6 is 0 Å². The van der Waals surface area contributed by atoms with Crippen molar-refractivity contribution in [3.8, 4) is 0 Å². The van der Waals surface area contributed by atoms with Crippen LogP contribution in [0.2, 0.25) is 0 Å². The summed E-state index contributed by atoms with van der Waals surface area (Å²) < 4.78 is 67.6. The van der Waals surface area contributed by atoms with Crippen LogP contribution in [-0.4, -0.2) is 147 Å². The van der Waals surface area contributed by atoms with E-state index >= 15 is 0 Å². The number of sulfone groups is 2. The number of hydrogen-bond acceptors (Lipinski definition) is 12. The molecular weight excluding hydrogens is 1140 g/mol. The average molecular weight is 1250 g/mol. The van der Waals surface area contributed by atoms with Crippen molar-refractivity contribution in [2.75, 3.05) is 6.73 Å². The van der Waals surface area contributed by atoms with Crippen molar-refractivity contribution >= 4 is 49.9 Å². The number of rotatable bonds is 18. The van der Waals surface area contributed by atoms with Gasteiger partial charge in [-0.15, -0.1) is 0 Å². The first kappa shape index (κ1) is 66.6. The molecule has 21 nitrogen and oxygen atoms in total. The van der Waals surface area contributed by atoms with E-state index in [1.165, 1.54) is 25.7 Å². The normalized spacial score (nSPS) is 36.2. The fraction of sp³-hybridized carbons (Fsp3) is 0.921. The number of hydrogen-bond donors (Lipinski definition) is 10. The molecule has 9 unspecified atom stereocenters. The number of amides is 9. The van der Waals surface area contributed by atoms with Crippen LogP contribution in [0.1, 0.15) is 245 Å². The van der Waals surface area contributed by atoms with E-state index in [1.807, 2.05) is 0 Å². The van der Waals surface area contributed by atoms with Gasteiger partial charge in [0.25, 0.3) is 0 Å². The number of alkyl carbamates (subject to hydrolysis) is 1. The molecule has 9 aliphatic rings. The highest BCUT2D eigenvalue weighted by atomic mass is 32.2. The van der Waals surface area contributed by atoms with E-state index in [1.54, 1.807) is 0 Å². The highest BCUT2D eigenvalue weighted by Gasteiger charge is 2.42. The van der Waals surface area contributed by atoms with Gasteiger partial charge in [-0.25, -0.2) is 40.8 Å². The Morgan fingerprint density at radius 1 is 0.326 bits per heavy atom. The summed E-state index contributed by atoms with van der Waals surface area (Å²) in [5.74, 6) is 0.992. The van der Waals surface area contributed by atoms with Gasteiger partial charge in [0.15, 0.2) is 19.7 Å². The predicted molar refractivity (Wildman–Crippen MR) is 333 cm³/mol. The SMILES string of the molecule is CC1CCC(NC(=O)NC2CCC(S(=O)(=O)C3CCC(NC(=O)NC4CCC(C)C(NC(=O)NC5CCC(S(=O)(=O)C6CCC(NC(=O)NC7CCC(C)C(NC(=O)OC8CCCCC8)C7)CC6)CC5)C4)CC3)CC2)CC1NCOC1CCCCC1. The summed E-state index contributed by atoms with van der Waals surface area (Å²) in [6.45, 7) is 7.05. The minimum atomic E-state index is -3.40. The third-order valence-corrected chi connectivity index (χ3v) is 27.8. The molecule has 0 aromatic rings. The second-order valence-electron chi connectivity index (χ2n) is 28.4. The molecular formula is C63H110N10O11S2. The van der Waals surface area contributed by atoms with Crippen LogP contribution in [0.15, 0.2) is 0 Å². The molecule has 0 saturated heterocycles. The van der Waals surface area contributed by atoms with Crippen molar-refractivity contribution in [1.82, 2.24) is 53.2 Å². The lowest BCUT2D eigenvalue weighted by Crippen LogP contribution is -2.55. The maximum atomic E-state index is 13.9. The lowest BCUT2D eigenvalue weighted by molar-refractivity contribution is 0.00713. The van der Waals surface area contributed by atoms with Crippen molar-refractivity contribution in [2.45, 2.75) is 339 Å². The number of ether oxygens (including phenoxy) is 2. The maximum absolute atomic E-state index is 13.9. The molecule has 0 aromatic heterocycles. The molecule has 0 bridgehead atoms. The van der Waals surface area contributed by atoms with Crippen LogP contribution < -0.4 is 53.2 Å². The molecule has 23 heteroatoms. The van der Waals surface area contributed by atoms with Crippen LogP contribution in [0.3, 0.4) is 0 Å². The Morgan fingerprint density at radius 3 is 0.988 bits per heavy atom. The lowest BCUT2D eigenvalue weighted by atomic mass is 9.83. The zero-order valence-electron chi connectivity index (χ0n) is 52.2. The fourth-order valence-electron chi connectivity index (χ4n) is 16.4. The largest absolute Gasteiger partial charge is 0.446 e. The predicted octanol–water partition coefficient (Wildman–Crippen LogP) is 8.88. The zero-order chi connectivity index (χ0) is 60.8. The number of nitrogens with one attached hydrogen (secondary N) is 10. The van der Waals surface area contributed by atoms with Gasteiger partial charge in [-0.2, -0.15) is 0 Å². The minimum absolute atomic E-state index is 0.0162. The minimum Gasteiger partial charge on any atom is -0.446 e. The molecule has 0 aromatic carbocycles. The van der Waals surface area contributed by atoms with Crippen molar-refractivity contribution in [3.63, 3.8) is 0 Å². The van der Waals surface area contributed by atoms with E-state index in [2.05, 4.69) is 73.9 Å². The molecule has 9 amide bonds. The van der Waals surface area contributed by atoms with E-state index < -0.39 is 40.7 Å². The maximum Gasteiger partial charge on any atom is 0.407 e. The molecule has 0 aliphatic heterocycles. The van der Waals surface area contributed by atoms with Crippen LogP contribution in [0.5, 0.6) is 0 Å². The lowest BCUT2D eigenvalue weighted by Gasteiger charge is -2.37. The number of carbonyl (C=O) groups is 5. The van der Waals surface area contributed by atoms with Gasteiger partial charge in [-0.1, -0.05) is 46.5 Å². The van der Waals surface area contributed by atoms with Gasteiger partial charge in [0, 0.05) is 60.4 Å². The first-order valence-electron chi connectivity index (χ1n) is 34.4. The smallest absolute Gasteiger partial charge is 0.407 e. The molecule has 9 fully saturated rings. The molecule has 9 atom stereocenters. The Labute approximate surface area is 514 Å². The Bertz CT molecular complexity index is 2420. The van der Waals surface area contributed by atoms with Crippen LogP contribution in [0.4, 0.5) is 24.0 Å². The molecule has 9 aliphatic carbocycles. The summed E-state index contributed by atoms with van der Waals surface area (Å²) in [5, 5.41) is 30.0. The van der Waals surface area contributed by atoms with E-state index in [0.717, 1.165) is 83.5 Å². The Balaban J connectivity index is 0.608. The molecule has 10 N–H and O–H groups in total. The average Bonchev–Trinajstić information content (AvgIpc) is 1.60. The fourth-order valence-corrected chi connectivity index (χ4v) is 21.2. The summed E-state index contributed by atoms with van der Waals surface area (Å²) >= 11 is 0. The Kier molecular flexibility index (Phi) is 24.6. The molecule has 0 spiro atoms. The Morgan fingerprint density at radius 2 is 0.616 bits per heavy atom. The Hall–Kier alpha value is -3.83. The standard InChI is InChI=1S/C63H110N10O11S2/c1-40-14-17-47(36-56(40)64-39-83-50-10-6-4-7-11-50)69-59(74)65-43-20-28-52(29-21-43)85(79,80)53-30-22-44(23-31-53)66-60(75)70-48-18-15-41(2)57(37-48)72-62(77)68-46-26-34-55(35-27-46)86(81,82)54-32-24-45(25-33-54)67-61(76)71-49-19-16-42(3)58(38-49)73-63(78)84-51-12-8-5-9-13-51/h40-58,64H,4-39H2,1-3H3,(H,73,78)(H2,65,69,74)(H2,66,70,75)(H2,67,71,76)(H2,68,72,77). The quantitative estimate of drug-likeness (QED) is 0.0576. The second-order valence-corrected chi connectivity index (χ2v) is 33.4. The van der Waals surface area contributed by atoms with E-state index in [4.69, 9.17) is 9.47 Å². The van der Waals surface area contributed by atoms with E-state index in [0.29, 0.717) is 134 Å². The molecule has 86 heavy (non-hydrogen) atoms.